The van der Waals surface area contributed by atoms with Crippen molar-refractivity contribution in [2.45, 2.75) is 64.6 Å². The SMILES string of the molecule is COC(C)(C)CC(C)N1CC(CN)CCC1C. The number of nitrogens with two attached hydrogens (primary N) is 1. The summed E-state index contributed by atoms with van der Waals surface area (Å²) in [7, 11) is 1.80. The van der Waals surface area contributed by atoms with Crippen LogP contribution in [0.2, 0.25) is 0 Å². The van der Waals surface area contributed by atoms with Crippen LogP contribution in [0.5, 0.6) is 0 Å². The highest BCUT2D eigenvalue weighted by atomic mass is 16.5. The predicted octanol–water partition coefficient (Wildman–Crippen LogP) is 2.25. The Balaban J connectivity index is 2.56. The van der Waals surface area contributed by atoms with E-state index >= 15 is 0 Å². The van der Waals surface area contributed by atoms with Crippen molar-refractivity contribution >= 4 is 0 Å². The molecule has 1 aliphatic heterocycles. The first-order valence-electron chi connectivity index (χ1n) is 6.90. The monoisotopic (exact) mass is 242 g/mol. The summed E-state index contributed by atoms with van der Waals surface area (Å²) in [6.07, 6.45) is 3.64. The van der Waals surface area contributed by atoms with E-state index in [4.69, 9.17) is 10.5 Å². The molecule has 0 aliphatic carbocycles. The lowest BCUT2D eigenvalue weighted by atomic mass is 9.90. The van der Waals surface area contributed by atoms with Crippen molar-refractivity contribution in [2.24, 2.45) is 11.7 Å². The summed E-state index contributed by atoms with van der Waals surface area (Å²) in [6, 6.07) is 1.25. The van der Waals surface area contributed by atoms with Crippen LogP contribution in [0.25, 0.3) is 0 Å². The molecule has 0 aromatic rings. The molecule has 0 saturated carbocycles. The van der Waals surface area contributed by atoms with Crippen molar-refractivity contribution in [3.63, 3.8) is 0 Å². The lowest BCUT2D eigenvalue weighted by molar-refractivity contribution is -0.0204. The second kappa shape index (κ2) is 6.17. The number of nitrogens with zero attached hydrogens (tertiary/aromatic N) is 1. The van der Waals surface area contributed by atoms with E-state index in [2.05, 4.69) is 32.6 Å². The largest absolute Gasteiger partial charge is 0.379 e. The topological polar surface area (TPSA) is 38.5 Å². The summed E-state index contributed by atoms with van der Waals surface area (Å²) in [5.74, 6) is 0.680. The maximum absolute atomic E-state index is 5.81. The molecule has 1 saturated heterocycles. The molecule has 3 unspecified atom stereocenters. The fraction of sp³-hybridized carbons (Fsp3) is 1.00. The number of hydrogen-bond acceptors (Lipinski definition) is 3. The summed E-state index contributed by atoms with van der Waals surface area (Å²) in [5, 5.41) is 0. The smallest absolute Gasteiger partial charge is 0.0637 e. The van der Waals surface area contributed by atoms with Crippen LogP contribution < -0.4 is 5.73 Å². The zero-order valence-corrected chi connectivity index (χ0v) is 12.2. The lowest BCUT2D eigenvalue weighted by Gasteiger charge is -2.43. The van der Waals surface area contributed by atoms with Gasteiger partial charge in [0, 0.05) is 25.7 Å². The number of methoxy groups -OCH3 is 1. The molecule has 17 heavy (non-hydrogen) atoms. The molecule has 0 spiro atoms. The van der Waals surface area contributed by atoms with E-state index < -0.39 is 0 Å². The van der Waals surface area contributed by atoms with Gasteiger partial charge in [-0.3, -0.25) is 4.90 Å². The van der Waals surface area contributed by atoms with Crippen LogP contribution >= 0.6 is 0 Å². The number of hydrogen-bond donors (Lipinski definition) is 1. The van der Waals surface area contributed by atoms with Gasteiger partial charge in [-0.25, -0.2) is 0 Å². The third-order valence-electron chi connectivity index (χ3n) is 4.27. The van der Waals surface area contributed by atoms with E-state index in [1.165, 1.54) is 12.8 Å². The van der Waals surface area contributed by atoms with E-state index in [9.17, 15) is 0 Å². The molecule has 1 fully saturated rings. The molecule has 0 aromatic heterocycles. The summed E-state index contributed by atoms with van der Waals surface area (Å²) in [4.78, 5) is 2.61. The van der Waals surface area contributed by atoms with Crippen molar-refractivity contribution in [1.82, 2.24) is 4.90 Å². The Morgan fingerprint density at radius 3 is 2.59 bits per heavy atom. The van der Waals surface area contributed by atoms with Gasteiger partial charge in [0.1, 0.15) is 0 Å². The second-order valence-corrected chi connectivity index (χ2v) is 6.24. The molecular formula is C14H30N2O. The van der Waals surface area contributed by atoms with Crippen molar-refractivity contribution < 1.29 is 4.74 Å². The van der Waals surface area contributed by atoms with Gasteiger partial charge in [-0.05, 0) is 59.4 Å². The maximum atomic E-state index is 5.81. The highest BCUT2D eigenvalue weighted by Gasteiger charge is 2.31. The van der Waals surface area contributed by atoms with E-state index in [-0.39, 0.29) is 5.60 Å². The van der Waals surface area contributed by atoms with Crippen molar-refractivity contribution in [3.05, 3.63) is 0 Å². The Kier molecular flexibility index (Phi) is 5.42. The van der Waals surface area contributed by atoms with Gasteiger partial charge in [-0.2, -0.15) is 0 Å². The third kappa shape index (κ3) is 4.23. The average Bonchev–Trinajstić information content (AvgIpc) is 2.29. The maximum Gasteiger partial charge on any atom is 0.0637 e. The zero-order chi connectivity index (χ0) is 13.1. The highest BCUT2D eigenvalue weighted by Crippen LogP contribution is 2.27. The van der Waals surface area contributed by atoms with Gasteiger partial charge in [-0.15, -0.1) is 0 Å². The van der Waals surface area contributed by atoms with E-state index in [0.717, 1.165) is 19.5 Å². The van der Waals surface area contributed by atoms with Crippen LogP contribution in [0.15, 0.2) is 0 Å². The minimum absolute atomic E-state index is 0.0329. The summed E-state index contributed by atoms with van der Waals surface area (Å²) in [5.41, 5.74) is 5.78. The minimum atomic E-state index is -0.0329. The molecule has 3 heteroatoms. The number of likely N-dealkylation sites (tertiary alicyclic amines) is 1. The first-order chi connectivity index (χ1) is 7.89. The van der Waals surface area contributed by atoms with Gasteiger partial charge in [0.15, 0.2) is 0 Å². The van der Waals surface area contributed by atoms with Crippen LogP contribution in [0.1, 0.15) is 47.0 Å². The van der Waals surface area contributed by atoms with Gasteiger partial charge >= 0.3 is 0 Å². The minimum Gasteiger partial charge on any atom is -0.379 e. The second-order valence-electron chi connectivity index (χ2n) is 6.24. The molecule has 0 radical (unpaired) electrons. The zero-order valence-electron chi connectivity index (χ0n) is 12.2. The van der Waals surface area contributed by atoms with Crippen LogP contribution in [0.3, 0.4) is 0 Å². The molecule has 3 nitrogen and oxygen atoms in total. The van der Waals surface area contributed by atoms with E-state index in [1.54, 1.807) is 7.11 Å². The average molecular weight is 242 g/mol. The number of piperidine rings is 1. The fourth-order valence-electron chi connectivity index (χ4n) is 2.93. The Hall–Kier alpha value is -0.120. The van der Waals surface area contributed by atoms with Gasteiger partial charge < -0.3 is 10.5 Å². The Labute approximate surface area is 107 Å². The fourth-order valence-corrected chi connectivity index (χ4v) is 2.93. The lowest BCUT2D eigenvalue weighted by Crippen LogP contribution is -2.50. The normalized spacial score (nSPS) is 29.3. The van der Waals surface area contributed by atoms with Gasteiger partial charge in [-0.1, -0.05) is 0 Å². The number of rotatable bonds is 5. The summed E-state index contributed by atoms with van der Waals surface area (Å²) >= 11 is 0. The molecule has 102 valence electrons. The standard InChI is InChI=1S/C14H30N2O/c1-11-6-7-13(9-15)10-16(11)12(2)8-14(3,4)17-5/h11-13H,6-10,15H2,1-5H3. The van der Waals surface area contributed by atoms with Gasteiger partial charge in [0.25, 0.3) is 0 Å². The quantitative estimate of drug-likeness (QED) is 0.803. The van der Waals surface area contributed by atoms with Crippen LogP contribution in [-0.2, 0) is 4.74 Å². The van der Waals surface area contributed by atoms with Crippen LogP contribution in [-0.4, -0.2) is 42.8 Å². The van der Waals surface area contributed by atoms with E-state index in [1.807, 2.05) is 0 Å². The molecule has 1 aliphatic rings. The summed E-state index contributed by atoms with van der Waals surface area (Å²) in [6.45, 7) is 11.0. The van der Waals surface area contributed by atoms with Gasteiger partial charge in [0.2, 0.25) is 0 Å². The first kappa shape index (κ1) is 14.9. The Morgan fingerprint density at radius 2 is 2.06 bits per heavy atom. The Bertz CT molecular complexity index is 230. The molecule has 1 rings (SSSR count). The summed E-state index contributed by atoms with van der Waals surface area (Å²) < 4.78 is 5.54. The molecule has 2 N–H and O–H groups in total. The predicted molar refractivity (Wildman–Crippen MR) is 73.1 cm³/mol. The molecular weight excluding hydrogens is 212 g/mol. The molecule has 0 bridgehead atoms. The van der Waals surface area contributed by atoms with Crippen molar-refractivity contribution in [3.8, 4) is 0 Å². The van der Waals surface area contributed by atoms with E-state index in [0.29, 0.717) is 18.0 Å². The molecule has 1 heterocycles. The van der Waals surface area contributed by atoms with Crippen LogP contribution in [0, 0.1) is 5.92 Å². The third-order valence-corrected chi connectivity index (χ3v) is 4.27. The first-order valence-corrected chi connectivity index (χ1v) is 6.90. The highest BCUT2D eigenvalue weighted by molar-refractivity contribution is 4.86. The number of ether oxygens (including phenoxy) is 1. The van der Waals surface area contributed by atoms with Crippen molar-refractivity contribution in [1.29, 1.82) is 0 Å². The molecule has 3 atom stereocenters. The Morgan fingerprint density at radius 1 is 1.41 bits per heavy atom. The van der Waals surface area contributed by atoms with Crippen molar-refractivity contribution in [2.75, 3.05) is 20.2 Å². The molecule has 0 amide bonds. The molecule has 0 aromatic carbocycles. The van der Waals surface area contributed by atoms with Gasteiger partial charge in [0.05, 0.1) is 5.60 Å². The van der Waals surface area contributed by atoms with Crippen LogP contribution in [0.4, 0.5) is 0 Å².